The number of hydrogen-bond acceptors (Lipinski definition) is 5. The van der Waals surface area contributed by atoms with Crippen LogP contribution in [0.5, 0.6) is 5.75 Å². The highest BCUT2D eigenvalue weighted by Gasteiger charge is 2.19. The molecule has 0 radical (unpaired) electrons. The van der Waals surface area contributed by atoms with E-state index in [9.17, 15) is 14.4 Å². The highest BCUT2D eigenvalue weighted by molar-refractivity contribution is 6.05. The molecule has 0 unspecified atom stereocenters. The number of imide groups is 1. The van der Waals surface area contributed by atoms with Gasteiger partial charge in [0.1, 0.15) is 5.75 Å². The van der Waals surface area contributed by atoms with E-state index in [2.05, 4.69) is 5.32 Å². The third kappa shape index (κ3) is 4.99. The van der Waals surface area contributed by atoms with Crippen LogP contribution in [0.15, 0.2) is 66.7 Å². The summed E-state index contributed by atoms with van der Waals surface area (Å²) in [6, 6.07) is 19.7. The zero-order valence-electron chi connectivity index (χ0n) is 16.2. The molecule has 0 saturated heterocycles. The van der Waals surface area contributed by atoms with Crippen molar-refractivity contribution in [2.24, 2.45) is 0 Å². The van der Waals surface area contributed by atoms with E-state index in [1.807, 2.05) is 36.4 Å². The lowest BCUT2D eigenvalue weighted by atomic mass is 9.98. The summed E-state index contributed by atoms with van der Waals surface area (Å²) in [6.07, 6.45) is 0. The van der Waals surface area contributed by atoms with Gasteiger partial charge < -0.3 is 9.47 Å². The third-order valence-electron chi connectivity index (χ3n) is 4.56. The second kappa shape index (κ2) is 9.01. The monoisotopic (exact) mass is 391 g/mol. The van der Waals surface area contributed by atoms with Gasteiger partial charge in [0, 0.05) is 5.56 Å². The van der Waals surface area contributed by atoms with Crippen LogP contribution in [0, 0.1) is 0 Å². The van der Waals surface area contributed by atoms with Crippen molar-refractivity contribution in [1.82, 2.24) is 5.32 Å². The molecule has 3 aromatic rings. The predicted octanol–water partition coefficient (Wildman–Crippen LogP) is 3.45. The van der Waals surface area contributed by atoms with E-state index < -0.39 is 30.3 Å². The normalized spacial score (nSPS) is 11.5. The summed E-state index contributed by atoms with van der Waals surface area (Å²) in [5.74, 6) is -1.55. The number of rotatable bonds is 6. The largest absolute Gasteiger partial charge is 0.497 e. The summed E-state index contributed by atoms with van der Waals surface area (Å²) in [6.45, 7) is 1.19. The SMILES string of the molecule is COc1ccc2cc([C@H](C)C(=O)OCC(=O)NC(=O)c3ccccc3)ccc2c1. The number of ether oxygens (including phenoxy) is 2. The number of benzene rings is 3. The molecule has 0 fully saturated rings. The van der Waals surface area contributed by atoms with Gasteiger partial charge in [0.05, 0.1) is 13.0 Å². The first-order chi connectivity index (χ1) is 14.0. The molecule has 1 atom stereocenters. The van der Waals surface area contributed by atoms with Crippen LogP contribution in [0.4, 0.5) is 0 Å². The van der Waals surface area contributed by atoms with Crippen LogP contribution >= 0.6 is 0 Å². The van der Waals surface area contributed by atoms with Crippen LogP contribution in [-0.2, 0) is 14.3 Å². The fourth-order valence-corrected chi connectivity index (χ4v) is 2.86. The second-order valence-electron chi connectivity index (χ2n) is 6.55. The lowest BCUT2D eigenvalue weighted by Gasteiger charge is -2.13. The number of nitrogens with one attached hydrogen (secondary N) is 1. The Labute approximate surface area is 168 Å². The van der Waals surface area contributed by atoms with Gasteiger partial charge in [-0.1, -0.05) is 42.5 Å². The van der Waals surface area contributed by atoms with E-state index in [1.54, 1.807) is 44.4 Å². The molecule has 1 N–H and O–H groups in total. The molecular formula is C23H21NO5. The Hall–Kier alpha value is -3.67. The van der Waals surface area contributed by atoms with E-state index in [1.165, 1.54) is 0 Å². The first-order valence-corrected chi connectivity index (χ1v) is 9.11. The molecule has 0 aliphatic rings. The van der Waals surface area contributed by atoms with E-state index in [4.69, 9.17) is 9.47 Å². The minimum atomic E-state index is -0.676. The number of hydrogen-bond donors (Lipinski definition) is 1. The summed E-state index contributed by atoms with van der Waals surface area (Å²) < 4.78 is 10.3. The number of fused-ring (bicyclic) bond motifs is 1. The maximum Gasteiger partial charge on any atom is 0.313 e. The Kier molecular flexibility index (Phi) is 6.24. The predicted molar refractivity (Wildman–Crippen MR) is 109 cm³/mol. The summed E-state index contributed by atoms with van der Waals surface area (Å²) >= 11 is 0. The van der Waals surface area contributed by atoms with Gasteiger partial charge in [-0.2, -0.15) is 0 Å². The topological polar surface area (TPSA) is 81.7 Å². The van der Waals surface area contributed by atoms with Gasteiger partial charge in [0.15, 0.2) is 6.61 Å². The third-order valence-corrected chi connectivity index (χ3v) is 4.56. The van der Waals surface area contributed by atoms with E-state index >= 15 is 0 Å². The van der Waals surface area contributed by atoms with Gasteiger partial charge in [-0.25, -0.2) is 0 Å². The maximum atomic E-state index is 12.3. The molecule has 6 nitrogen and oxygen atoms in total. The van der Waals surface area contributed by atoms with Crippen LogP contribution in [-0.4, -0.2) is 31.5 Å². The lowest BCUT2D eigenvalue weighted by Crippen LogP contribution is -2.34. The van der Waals surface area contributed by atoms with E-state index in [0.29, 0.717) is 5.56 Å². The average Bonchev–Trinajstić information content (AvgIpc) is 2.76. The van der Waals surface area contributed by atoms with Crippen LogP contribution in [0.1, 0.15) is 28.8 Å². The Morgan fingerprint density at radius 3 is 2.34 bits per heavy atom. The molecule has 3 aromatic carbocycles. The molecule has 148 valence electrons. The molecule has 0 heterocycles. The maximum absolute atomic E-state index is 12.3. The van der Waals surface area contributed by atoms with Crippen molar-refractivity contribution in [3.63, 3.8) is 0 Å². The van der Waals surface area contributed by atoms with Crippen molar-refractivity contribution >= 4 is 28.6 Å². The van der Waals surface area contributed by atoms with E-state index in [0.717, 1.165) is 22.1 Å². The van der Waals surface area contributed by atoms with Crippen molar-refractivity contribution in [3.8, 4) is 5.75 Å². The Morgan fingerprint density at radius 1 is 0.931 bits per heavy atom. The lowest BCUT2D eigenvalue weighted by molar-refractivity contribution is -0.149. The zero-order chi connectivity index (χ0) is 20.8. The van der Waals surface area contributed by atoms with E-state index in [-0.39, 0.29) is 0 Å². The Bertz CT molecular complexity index is 1050. The summed E-state index contributed by atoms with van der Waals surface area (Å²) in [5.41, 5.74) is 1.13. The summed E-state index contributed by atoms with van der Waals surface area (Å²) in [5, 5.41) is 4.16. The van der Waals surface area contributed by atoms with Gasteiger partial charge in [0.2, 0.25) is 0 Å². The number of carbonyl (C=O) groups excluding carboxylic acids is 3. The van der Waals surface area contributed by atoms with Crippen molar-refractivity contribution in [2.75, 3.05) is 13.7 Å². The fourth-order valence-electron chi connectivity index (χ4n) is 2.86. The molecule has 0 aliphatic heterocycles. The quantitative estimate of drug-likeness (QED) is 0.651. The molecule has 0 aliphatic carbocycles. The van der Waals surface area contributed by atoms with Gasteiger partial charge in [-0.05, 0) is 47.5 Å². The molecule has 2 amide bonds. The molecular weight excluding hydrogens is 370 g/mol. The zero-order valence-corrected chi connectivity index (χ0v) is 16.2. The van der Waals surface area contributed by atoms with Gasteiger partial charge in [-0.3, -0.25) is 19.7 Å². The minimum Gasteiger partial charge on any atom is -0.497 e. The minimum absolute atomic E-state index is 0.355. The summed E-state index contributed by atoms with van der Waals surface area (Å²) in [7, 11) is 1.61. The molecule has 3 rings (SSSR count). The number of amides is 2. The summed E-state index contributed by atoms with van der Waals surface area (Å²) in [4.78, 5) is 36.2. The first kappa shape index (κ1) is 20.1. The Balaban J connectivity index is 1.58. The highest BCUT2D eigenvalue weighted by Crippen LogP contribution is 2.25. The molecule has 0 saturated carbocycles. The number of carbonyl (C=O) groups is 3. The van der Waals surface area contributed by atoms with Crippen molar-refractivity contribution in [2.45, 2.75) is 12.8 Å². The first-order valence-electron chi connectivity index (χ1n) is 9.11. The number of esters is 1. The number of methoxy groups -OCH3 is 1. The molecule has 0 bridgehead atoms. The molecule has 0 spiro atoms. The Morgan fingerprint density at radius 2 is 1.62 bits per heavy atom. The molecule has 0 aromatic heterocycles. The van der Waals surface area contributed by atoms with Gasteiger partial charge >= 0.3 is 5.97 Å². The highest BCUT2D eigenvalue weighted by atomic mass is 16.5. The second-order valence-corrected chi connectivity index (χ2v) is 6.55. The van der Waals surface area contributed by atoms with Gasteiger partial charge in [-0.15, -0.1) is 0 Å². The van der Waals surface area contributed by atoms with Crippen molar-refractivity contribution < 1.29 is 23.9 Å². The van der Waals surface area contributed by atoms with Crippen molar-refractivity contribution in [3.05, 3.63) is 77.9 Å². The molecule has 29 heavy (non-hydrogen) atoms. The van der Waals surface area contributed by atoms with Crippen molar-refractivity contribution in [1.29, 1.82) is 0 Å². The smallest absolute Gasteiger partial charge is 0.313 e. The van der Waals surface area contributed by atoms with Crippen LogP contribution < -0.4 is 10.1 Å². The van der Waals surface area contributed by atoms with Crippen LogP contribution in [0.3, 0.4) is 0 Å². The fraction of sp³-hybridized carbons (Fsp3) is 0.174. The van der Waals surface area contributed by atoms with Gasteiger partial charge in [0.25, 0.3) is 11.8 Å². The standard InChI is InChI=1S/C23H21NO5/c1-15(17-8-9-19-13-20(28-2)11-10-18(19)12-17)23(27)29-14-21(25)24-22(26)16-6-4-3-5-7-16/h3-13,15H,14H2,1-2H3,(H,24,25,26)/t15-/m0/s1. The molecule has 6 heteroatoms. The van der Waals surface area contributed by atoms with Crippen LogP contribution in [0.25, 0.3) is 10.8 Å². The average molecular weight is 391 g/mol. The van der Waals surface area contributed by atoms with Crippen LogP contribution in [0.2, 0.25) is 0 Å².